The van der Waals surface area contributed by atoms with Gasteiger partial charge in [0.15, 0.2) is 0 Å². The lowest BCUT2D eigenvalue weighted by molar-refractivity contribution is -0.0588. The number of allylic oxidation sites excluding steroid dienone is 1. The highest BCUT2D eigenvalue weighted by atomic mass is 16.6. The Hall–Kier alpha value is -1.11. The third kappa shape index (κ3) is 5.56. The summed E-state index contributed by atoms with van der Waals surface area (Å²) in [6.07, 6.45) is 15.0. The molecule has 0 radical (unpaired) electrons. The molecule has 4 rings (SSSR count). The Balaban J connectivity index is 1.40. The summed E-state index contributed by atoms with van der Waals surface area (Å²) in [5, 5.41) is 31.0. The van der Waals surface area contributed by atoms with Gasteiger partial charge in [-0.2, -0.15) is 0 Å². The monoisotopic (exact) mass is 533 g/mol. The van der Waals surface area contributed by atoms with Crippen LogP contribution in [0.25, 0.3) is 0 Å². The zero-order valence-electron chi connectivity index (χ0n) is 24.7. The fraction of sp³-hybridized carbons (Fsp3) is 0.906. The minimum Gasteiger partial charge on any atom is -0.446 e. The first kappa shape index (κ1) is 29.9. The van der Waals surface area contributed by atoms with Crippen LogP contribution in [0.2, 0.25) is 0 Å². The zero-order chi connectivity index (χ0) is 27.7. The first-order valence-electron chi connectivity index (χ1n) is 15.5. The van der Waals surface area contributed by atoms with Crippen LogP contribution < -0.4 is 5.32 Å². The van der Waals surface area contributed by atoms with E-state index in [0.29, 0.717) is 5.41 Å². The molecule has 6 heteroatoms. The summed E-state index contributed by atoms with van der Waals surface area (Å²) in [6.45, 7) is 10.7. The van der Waals surface area contributed by atoms with E-state index in [1.807, 2.05) is 0 Å². The number of hydrogen-bond acceptors (Lipinski definition) is 5. The summed E-state index contributed by atoms with van der Waals surface area (Å²) in [6, 6.07) is 0. The Labute approximate surface area is 231 Å². The summed E-state index contributed by atoms with van der Waals surface area (Å²) in [7, 11) is 0. The second-order valence-corrected chi connectivity index (χ2v) is 14.4. The van der Waals surface area contributed by atoms with Crippen LogP contribution in [0.3, 0.4) is 0 Å². The van der Waals surface area contributed by atoms with Gasteiger partial charge in [-0.05, 0) is 91.3 Å². The number of aliphatic hydroxyl groups excluding tert-OH is 3. The van der Waals surface area contributed by atoms with Crippen molar-refractivity contribution in [3.05, 3.63) is 11.6 Å². The summed E-state index contributed by atoms with van der Waals surface area (Å²) < 4.78 is 5.73. The van der Waals surface area contributed by atoms with Crippen LogP contribution >= 0.6 is 0 Å². The normalized spacial score (nSPS) is 37.6. The maximum absolute atomic E-state index is 12.5. The van der Waals surface area contributed by atoms with Gasteiger partial charge in [0.2, 0.25) is 0 Å². The molecule has 4 aliphatic carbocycles. The van der Waals surface area contributed by atoms with Crippen molar-refractivity contribution >= 4 is 6.09 Å². The van der Waals surface area contributed by atoms with Crippen LogP contribution in [0.15, 0.2) is 11.6 Å². The van der Waals surface area contributed by atoms with E-state index < -0.39 is 31.5 Å². The van der Waals surface area contributed by atoms with Gasteiger partial charge in [0.05, 0.1) is 19.8 Å². The molecule has 3 fully saturated rings. The molecule has 0 saturated heterocycles. The van der Waals surface area contributed by atoms with Crippen LogP contribution in [-0.2, 0) is 4.74 Å². The molecule has 0 aliphatic heterocycles. The number of fused-ring (bicyclic) bond motifs is 5. The minimum absolute atomic E-state index is 0.187. The molecule has 3 saturated carbocycles. The summed E-state index contributed by atoms with van der Waals surface area (Å²) in [5.41, 5.74) is 0.668. The number of alkyl carbamates (subject to hydrolysis) is 1. The maximum Gasteiger partial charge on any atom is 0.408 e. The number of carbonyl (C=O) groups is 1. The van der Waals surface area contributed by atoms with Crippen LogP contribution in [0.5, 0.6) is 0 Å². The van der Waals surface area contributed by atoms with E-state index in [2.05, 4.69) is 46.0 Å². The van der Waals surface area contributed by atoms with Crippen LogP contribution in [0.1, 0.15) is 105 Å². The average molecular weight is 534 g/mol. The second-order valence-electron chi connectivity index (χ2n) is 14.4. The molecule has 0 bridgehead atoms. The predicted molar refractivity (Wildman–Crippen MR) is 150 cm³/mol. The lowest BCUT2D eigenvalue weighted by atomic mass is 9.47. The molecule has 0 aromatic carbocycles. The smallest absolute Gasteiger partial charge is 0.408 e. The predicted octanol–water partition coefficient (Wildman–Crippen LogP) is 5.84. The highest BCUT2D eigenvalue weighted by Gasteiger charge is 2.59. The molecule has 0 heterocycles. The molecular formula is C32H55NO5. The van der Waals surface area contributed by atoms with Gasteiger partial charge in [0, 0.05) is 6.42 Å². The Bertz CT molecular complexity index is 845. The highest BCUT2D eigenvalue weighted by molar-refractivity contribution is 5.68. The van der Waals surface area contributed by atoms with E-state index in [1.54, 1.807) is 0 Å². The van der Waals surface area contributed by atoms with Gasteiger partial charge in [-0.25, -0.2) is 4.79 Å². The number of carbonyl (C=O) groups excluding carboxylic acids is 1. The van der Waals surface area contributed by atoms with E-state index in [9.17, 15) is 20.1 Å². The van der Waals surface area contributed by atoms with Crippen molar-refractivity contribution in [3.8, 4) is 0 Å². The van der Waals surface area contributed by atoms with E-state index in [0.717, 1.165) is 61.2 Å². The first-order valence-corrected chi connectivity index (χ1v) is 15.5. The van der Waals surface area contributed by atoms with Gasteiger partial charge in [-0.15, -0.1) is 0 Å². The second kappa shape index (κ2) is 11.8. The lowest BCUT2D eigenvalue weighted by Gasteiger charge is -2.58. The van der Waals surface area contributed by atoms with Gasteiger partial charge in [0.1, 0.15) is 11.6 Å². The van der Waals surface area contributed by atoms with Crippen LogP contribution in [0.4, 0.5) is 4.79 Å². The molecule has 0 unspecified atom stereocenters. The first-order chi connectivity index (χ1) is 18.0. The van der Waals surface area contributed by atoms with Crippen LogP contribution in [-0.4, -0.2) is 52.9 Å². The molecule has 0 aromatic rings. The molecule has 218 valence electrons. The van der Waals surface area contributed by atoms with E-state index >= 15 is 0 Å². The van der Waals surface area contributed by atoms with Crippen LogP contribution in [0, 0.1) is 46.3 Å². The molecule has 6 nitrogen and oxygen atoms in total. The van der Waals surface area contributed by atoms with Crippen molar-refractivity contribution in [1.29, 1.82) is 0 Å². The number of nitrogens with one attached hydrogen (secondary N) is 1. The fourth-order valence-electron chi connectivity index (χ4n) is 9.42. The largest absolute Gasteiger partial charge is 0.446 e. The molecule has 4 N–H and O–H groups in total. The average Bonchev–Trinajstić information content (AvgIpc) is 3.24. The third-order valence-electron chi connectivity index (χ3n) is 11.8. The summed E-state index contributed by atoms with van der Waals surface area (Å²) >= 11 is 0. The van der Waals surface area contributed by atoms with E-state index in [1.165, 1.54) is 50.5 Å². The molecule has 1 amide bonds. The fourth-order valence-corrected chi connectivity index (χ4v) is 9.42. The molecular weight excluding hydrogens is 478 g/mol. The van der Waals surface area contributed by atoms with Gasteiger partial charge >= 0.3 is 6.09 Å². The Kier molecular flexibility index (Phi) is 9.26. The van der Waals surface area contributed by atoms with Crippen molar-refractivity contribution < 1.29 is 24.9 Å². The molecule has 0 spiro atoms. The molecule has 38 heavy (non-hydrogen) atoms. The van der Waals surface area contributed by atoms with Gasteiger partial charge in [0.25, 0.3) is 0 Å². The SMILES string of the molecule is CC(C)CCC[C@@H](C)[C@@H]1CC[C@@H]2[C@H]3CC=C4C[C@@H](OC(=O)NC(CO)(CO)CO)CC[C@]4(C)[C@@H]3CC[C@]21C. The Morgan fingerprint density at radius 1 is 1.03 bits per heavy atom. The number of rotatable bonds is 10. The van der Waals surface area contributed by atoms with Crippen molar-refractivity contribution in [3.63, 3.8) is 0 Å². The minimum atomic E-state index is -1.46. The van der Waals surface area contributed by atoms with Gasteiger partial charge < -0.3 is 25.4 Å². The number of hydrogen-bond donors (Lipinski definition) is 4. The molecule has 8 atom stereocenters. The maximum atomic E-state index is 12.5. The van der Waals surface area contributed by atoms with E-state index in [-0.39, 0.29) is 11.5 Å². The Morgan fingerprint density at radius 2 is 1.74 bits per heavy atom. The molecule has 4 aliphatic rings. The van der Waals surface area contributed by atoms with Crippen molar-refractivity contribution in [2.45, 2.75) is 117 Å². The Morgan fingerprint density at radius 3 is 2.39 bits per heavy atom. The third-order valence-corrected chi connectivity index (χ3v) is 11.8. The van der Waals surface area contributed by atoms with Gasteiger partial charge in [-0.3, -0.25) is 0 Å². The zero-order valence-corrected chi connectivity index (χ0v) is 24.7. The number of ether oxygens (including phenoxy) is 1. The summed E-state index contributed by atoms with van der Waals surface area (Å²) in [5.74, 6) is 4.82. The summed E-state index contributed by atoms with van der Waals surface area (Å²) in [4.78, 5) is 12.5. The van der Waals surface area contributed by atoms with Crippen molar-refractivity contribution in [2.24, 2.45) is 46.3 Å². The van der Waals surface area contributed by atoms with Crippen molar-refractivity contribution in [2.75, 3.05) is 19.8 Å². The topological polar surface area (TPSA) is 99.0 Å². The van der Waals surface area contributed by atoms with Gasteiger partial charge in [-0.1, -0.05) is 65.5 Å². The number of amides is 1. The molecule has 0 aromatic heterocycles. The number of aliphatic hydroxyl groups is 3. The quantitative estimate of drug-likeness (QED) is 0.265. The van der Waals surface area contributed by atoms with Crippen molar-refractivity contribution in [1.82, 2.24) is 5.32 Å². The highest BCUT2D eigenvalue weighted by Crippen LogP contribution is 2.67. The lowest BCUT2D eigenvalue weighted by Crippen LogP contribution is -2.57. The van der Waals surface area contributed by atoms with E-state index in [4.69, 9.17) is 4.74 Å². The standard InChI is InChI=1S/C32H55NO5/c1-21(2)7-6-8-22(3)26-11-12-27-25-10-9-23-17-24(38-29(37)33-32(18-34,19-35)20-36)13-15-30(23,4)28(25)14-16-31(26,27)5/h9,21-22,24-28,34-36H,6-8,10-20H2,1-5H3,(H,33,37)/t22-,24+,25-,26+,27-,28-,30+,31+/m1/s1.